The Balaban J connectivity index is 1.94. The van der Waals surface area contributed by atoms with Gasteiger partial charge in [-0.25, -0.2) is 0 Å². The first-order valence-electron chi connectivity index (χ1n) is 8.38. The molecule has 0 atom stereocenters. The number of methoxy groups -OCH3 is 1. The molecule has 0 bridgehead atoms. The Morgan fingerprint density at radius 2 is 1.72 bits per heavy atom. The molecule has 0 aromatic heterocycles. The van der Waals surface area contributed by atoms with Gasteiger partial charge in [-0.2, -0.15) is 0 Å². The molecule has 3 nitrogen and oxygen atoms in total. The van der Waals surface area contributed by atoms with Crippen LogP contribution in [-0.2, 0) is 6.54 Å². The fraction of sp³-hybridized carbons (Fsp3) is 0.227. The van der Waals surface area contributed by atoms with Crippen LogP contribution in [-0.4, -0.2) is 25.0 Å². The Morgan fingerprint density at radius 3 is 2.40 bits per heavy atom. The van der Waals surface area contributed by atoms with Crippen molar-refractivity contribution < 1.29 is 9.53 Å². The number of aryl methyl sites for hydroxylation is 2. The number of ether oxygens (including phenoxy) is 1. The summed E-state index contributed by atoms with van der Waals surface area (Å²) in [5.41, 5.74) is 4.30. The van der Waals surface area contributed by atoms with Gasteiger partial charge in [0.05, 0.1) is 7.11 Å². The van der Waals surface area contributed by atoms with Gasteiger partial charge in [-0.3, -0.25) is 4.79 Å². The standard InChI is InChI=1S/C22H23NO2/c1-15-9-10-17(16(2)13-15)14-23(3)22(24)20-11-12-21(25-4)19-8-6-5-7-18(19)20/h5-13H,14H2,1-4H3. The monoisotopic (exact) mass is 333 g/mol. The molecular formula is C22H23NO2. The van der Waals surface area contributed by atoms with Gasteiger partial charge in [0.1, 0.15) is 5.75 Å². The summed E-state index contributed by atoms with van der Waals surface area (Å²) in [5, 5.41) is 1.87. The summed E-state index contributed by atoms with van der Waals surface area (Å²) in [6, 6.07) is 17.9. The first kappa shape index (κ1) is 17.0. The molecule has 0 unspecified atom stereocenters. The quantitative estimate of drug-likeness (QED) is 0.690. The molecule has 0 heterocycles. The van der Waals surface area contributed by atoms with Crippen LogP contribution in [0.1, 0.15) is 27.0 Å². The first-order chi connectivity index (χ1) is 12.0. The van der Waals surface area contributed by atoms with Crippen LogP contribution in [0.5, 0.6) is 5.75 Å². The maximum atomic E-state index is 13.0. The lowest BCUT2D eigenvalue weighted by Crippen LogP contribution is -2.26. The zero-order valence-electron chi connectivity index (χ0n) is 15.2. The summed E-state index contributed by atoms with van der Waals surface area (Å²) >= 11 is 0. The summed E-state index contributed by atoms with van der Waals surface area (Å²) in [5.74, 6) is 0.794. The van der Waals surface area contributed by atoms with Crippen LogP contribution in [0.25, 0.3) is 10.8 Å². The second kappa shape index (κ2) is 6.98. The van der Waals surface area contributed by atoms with Crippen molar-refractivity contribution in [2.24, 2.45) is 0 Å². The highest BCUT2D eigenvalue weighted by atomic mass is 16.5. The average molecular weight is 333 g/mol. The van der Waals surface area contributed by atoms with E-state index in [0.29, 0.717) is 12.1 Å². The van der Waals surface area contributed by atoms with Crippen LogP contribution in [0.2, 0.25) is 0 Å². The van der Waals surface area contributed by atoms with Crippen LogP contribution >= 0.6 is 0 Å². The number of amides is 1. The molecule has 25 heavy (non-hydrogen) atoms. The number of benzene rings is 3. The second-order valence-corrected chi connectivity index (χ2v) is 6.45. The number of hydrogen-bond donors (Lipinski definition) is 0. The van der Waals surface area contributed by atoms with Crippen LogP contribution in [0.3, 0.4) is 0 Å². The normalized spacial score (nSPS) is 10.7. The van der Waals surface area contributed by atoms with E-state index in [0.717, 1.165) is 16.5 Å². The van der Waals surface area contributed by atoms with E-state index in [1.807, 2.05) is 43.4 Å². The molecule has 1 amide bonds. The predicted molar refractivity (Wildman–Crippen MR) is 102 cm³/mol. The molecule has 0 N–H and O–H groups in total. The molecule has 3 rings (SSSR count). The van der Waals surface area contributed by atoms with E-state index in [2.05, 4.69) is 32.0 Å². The lowest BCUT2D eigenvalue weighted by atomic mass is 10.0. The molecule has 0 saturated carbocycles. The lowest BCUT2D eigenvalue weighted by molar-refractivity contribution is 0.0787. The summed E-state index contributed by atoms with van der Waals surface area (Å²) in [7, 11) is 3.50. The smallest absolute Gasteiger partial charge is 0.254 e. The van der Waals surface area contributed by atoms with Crippen LogP contribution in [0, 0.1) is 13.8 Å². The molecular weight excluding hydrogens is 310 g/mol. The minimum Gasteiger partial charge on any atom is -0.496 e. The molecule has 128 valence electrons. The topological polar surface area (TPSA) is 29.5 Å². The minimum atomic E-state index is 0.0128. The number of carbonyl (C=O) groups is 1. The molecule has 3 aromatic rings. The maximum Gasteiger partial charge on any atom is 0.254 e. The fourth-order valence-electron chi connectivity index (χ4n) is 3.19. The Labute approximate surface area is 148 Å². The van der Waals surface area contributed by atoms with E-state index in [9.17, 15) is 4.79 Å². The van der Waals surface area contributed by atoms with Gasteiger partial charge in [-0.05, 0) is 42.5 Å². The molecule has 3 aromatic carbocycles. The first-order valence-corrected chi connectivity index (χ1v) is 8.38. The predicted octanol–water partition coefficient (Wildman–Crippen LogP) is 4.74. The molecule has 3 heteroatoms. The number of hydrogen-bond acceptors (Lipinski definition) is 2. The number of fused-ring (bicyclic) bond motifs is 1. The molecule has 0 radical (unpaired) electrons. The van der Waals surface area contributed by atoms with Crippen molar-refractivity contribution in [1.29, 1.82) is 0 Å². The van der Waals surface area contributed by atoms with E-state index in [1.54, 1.807) is 12.0 Å². The Kier molecular flexibility index (Phi) is 4.75. The van der Waals surface area contributed by atoms with Gasteiger partial charge in [-0.15, -0.1) is 0 Å². The zero-order valence-corrected chi connectivity index (χ0v) is 15.2. The van der Waals surface area contributed by atoms with Crippen molar-refractivity contribution in [2.45, 2.75) is 20.4 Å². The van der Waals surface area contributed by atoms with Gasteiger partial charge in [0.15, 0.2) is 0 Å². The average Bonchev–Trinajstić information content (AvgIpc) is 2.62. The highest BCUT2D eigenvalue weighted by molar-refractivity contribution is 6.08. The van der Waals surface area contributed by atoms with E-state index < -0.39 is 0 Å². The molecule has 0 aliphatic rings. The molecule has 0 aliphatic carbocycles. The van der Waals surface area contributed by atoms with Crippen LogP contribution in [0.4, 0.5) is 0 Å². The van der Waals surface area contributed by atoms with E-state index >= 15 is 0 Å². The third-order valence-electron chi connectivity index (χ3n) is 4.59. The largest absolute Gasteiger partial charge is 0.496 e. The van der Waals surface area contributed by atoms with E-state index in [1.165, 1.54) is 16.7 Å². The summed E-state index contributed by atoms with van der Waals surface area (Å²) in [6.07, 6.45) is 0. The highest BCUT2D eigenvalue weighted by Crippen LogP contribution is 2.29. The lowest BCUT2D eigenvalue weighted by Gasteiger charge is -2.20. The van der Waals surface area contributed by atoms with Crippen molar-refractivity contribution in [3.05, 3.63) is 76.9 Å². The third-order valence-corrected chi connectivity index (χ3v) is 4.59. The molecule has 0 saturated heterocycles. The number of rotatable bonds is 4. The zero-order chi connectivity index (χ0) is 18.0. The minimum absolute atomic E-state index is 0.0128. The van der Waals surface area contributed by atoms with Crippen molar-refractivity contribution in [1.82, 2.24) is 4.90 Å². The van der Waals surface area contributed by atoms with Crippen molar-refractivity contribution in [2.75, 3.05) is 14.2 Å². The summed E-state index contributed by atoms with van der Waals surface area (Å²) in [4.78, 5) is 14.8. The SMILES string of the molecule is COc1ccc(C(=O)N(C)Cc2ccc(C)cc2C)c2ccccc12. The van der Waals surface area contributed by atoms with Gasteiger partial charge < -0.3 is 9.64 Å². The summed E-state index contributed by atoms with van der Waals surface area (Å²) < 4.78 is 5.42. The van der Waals surface area contributed by atoms with Gasteiger partial charge in [0, 0.05) is 24.5 Å². The van der Waals surface area contributed by atoms with Crippen LogP contribution in [0.15, 0.2) is 54.6 Å². The molecule has 0 spiro atoms. The highest BCUT2D eigenvalue weighted by Gasteiger charge is 2.17. The maximum absolute atomic E-state index is 13.0. The van der Waals surface area contributed by atoms with Crippen molar-refractivity contribution >= 4 is 16.7 Å². The van der Waals surface area contributed by atoms with Gasteiger partial charge in [0.2, 0.25) is 0 Å². The number of carbonyl (C=O) groups excluding carboxylic acids is 1. The molecule has 0 aliphatic heterocycles. The third kappa shape index (κ3) is 3.36. The Bertz CT molecular complexity index is 930. The van der Waals surface area contributed by atoms with Gasteiger partial charge in [-0.1, -0.05) is 48.0 Å². The van der Waals surface area contributed by atoms with E-state index in [4.69, 9.17) is 4.74 Å². The van der Waals surface area contributed by atoms with Crippen molar-refractivity contribution in [3.8, 4) is 5.75 Å². The van der Waals surface area contributed by atoms with Crippen LogP contribution < -0.4 is 4.74 Å². The second-order valence-electron chi connectivity index (χ2n) is 6.45. The summed E-state index contributed by atoms with van der Waals surface area (Å²) in [6.45, 7) is 4.75. The fourth-order valence-corrected chi connectivity index (χ4v) is 3.19. The number of nitrogens with zero attached hydrogens (tertiary/aromatic N) is 1. The molecule has 0 fully saturated rings. The Hall–Kier alpha value is -2.81. The van der Waals surface area contributed by atoms with Gasteiger partial charge >= 0.3 is 0 Å². The van der Waals surface area contributed by atoms with Gasteiger partial charge in [0.25, 0.3) is 5.91 Å². The van der Waals surface area contributed by atoms with Crippen molar-refractivity contribution in [3.63, 3.8) is 0 Å². The Morgan fingerprint density at radius 1 is 1.00 bits per heavy atom. The van der Waals surface area contributed by atoms with E-state index in [-0.39, 0.29) is 5.91 Å².